The van der Waals surface area contributed by atoms with E-state index in [2.05, 4.69) is 31.6 Å². The Bertz CT molecular complexity index is 911. The van der Waals surface area contributed by atoms with Crippen molar-refractivity contribution in [2.45, 2.75) is 19.4 Å². The lowest BCUT2D eigenvalue weighted by molar-refractivity contribution is -0.131. The van der Waals surface area contributed by atoms with Gasteiger partial charge in [0.1, 0.15) is 5.75 Å². The molecule has 0 radical (unpaired) electrons. The van der Waals surface area contributed by atoms with E-state index in [0.29, 0.717) is 18.7 Å². The summed E-state index contributed by atoms with van der Waals surface area (Å²) in [4.78, 5) is 24.8. The van der Waals surface area contributed by atoms with Crippen LogP contribution in [0.25, 0.3) is 0 Å². The van der Waals surface area contributed by atoms with Crippen molar-refractivity contribution >= 4 is 52.9 Å². The quantitative estimate of drug-likeness (QED) is 0.345. The fourth-order valence-corrected chi connectivity index (χ4v) is 5.01. The second-order valence-electron chi connectivity index (χ2n) is 7.62. The van der Waals surface area contributed by atoms with Crippen LogP contribution in [0, 0.1) is 0 Å². The number of halogens is 1. The van der Waals surface area contributed by atoms with Crippen LogP contribution in [0.15, 0.2) is 40.7 Å². The molecule has 0 aliphatic carbocycles. The number of para-hydroxylation sites is 2. The Morgan fingerprint density at radius 2 is 1.90 bits per heavy atom. The number of anilines is 1. The van der Waals surface area contributed by atoms with E-state index in [-0.39, 0.29) is 29.9 Å². The van der Waals surface area contributed by atoms with Crippen molar-refractivity contribution in [1.29, 1.82) is 0 Å². The zero-order chi connectivity index (χ0) is 20.9. The van der Waals surface area contributed by atoms with E-state index in [1.807, 2.05) is 23.1 Å². The molecule has 4 rings (SSSR count). The summed E-state index contributed by atoms with van der Waals surface area (Å²) in [5.41, 5.74) is 2.17. The van der Waals surface area contributed by atoms with Gasteiger partial charge in [-0.2, -0.15) is 0 Å². The van der Waals surface area contributed by atoms with Gasteiger partial charge in [0.15, 0.2) is 5.96 Å². The van der Waals surface area contributed by atoms with Crippen LogP contribution < -0.4 is 10.2 Å². The zero-order valence-corrected chi connectivity index (χ0v) is 20.9. The van der Waals surface area contributed by atoms with Crippen molar-refractivity contribution in [1.82, 2.24) is 15.1 Å². The van der Waals surface area contributed by atoms with Gasteiger partial charge in [-0.1, -0.05) is 12.1 Å². The van der Waals surface area contributed by atoms with Gasteiger partial charge in [-0.25, -0.2) is 0 Å². The highest BCUT2D eigenvalue weighted by atomic mass is 127. The minimum atomic E-state index is 0. The molecule has 0 saturated carbocycles. The number of aromatic hydroxyl groups is 1. The Kier molecular flexibility index (Phi) is 8.42. The largest absolute Gasteiger partial charge is 0.506 e. The number of nitrogens with zero attached hydrogens (tertiary/aromatic N) is 4. The van der Waals surface area contributed by atoms with Crippen LogP contribution in [0.4, 0.5) is 5.69 Å². The van der Waals surface area contributed by atoms with Crippen LogP contribution in [0.2, 0.25) is 0 Å². The van der Waals surface area contributed by atoms with Crippen LogP contribution in [-0.4, -0.2) is 73.1 Å². The first-order valence-corrected chi connectivity index (χ1v) is 11.3. The van der Waals surface area contributed by atoms with E-state index in [1.165, 1.54) is 10.4 Å². The molecule has 1 aromatic carbocycles. The van der Waals surface area contributed by atoms with Crippen molar-refractivity contribution in [2.75, 3.05) is 51.2 Å². The summed E-state index contributed by atoms with van der Waals surface area (Å²) >= 11 is 1.79. The van der Waals surface area contributed by atoms with Gasteiger partial charge in [0.25, 0.3) is 0 Å². The number of amides is 1. The van der Waals surface area contributed by atoms with Crippen LogP contribution in [0.1, 0.15) is 16.9 Å². The fraction of sp³-hybridized carbons (Fsp3) is 0.455. The number of phenols is 1. The Morgan fingerprint density at radius 3 is 2.65 bits per heavy atom. The lowest BCUT2D eigenvalue weighted by Gasteiger charge is -2.37. The maximum atomic E-state index is 12.6. The van der Waals surface area contributed by atoms with Gasteiger partial charge in [-0.05, 0) is 35.6 Å². The van der Waals surface area contributed by atoms with Crippen LogP contribution in [0.5, 0.6) is 5.75 Å². The smallest absolute Gasteiger partial charge is 0.224 e. The molecule has 0 spiro atoms. The molecule has 0 atom stereocenters. The maximum Gasteiger partial charge on any atom is 0.224 e. The molecular formula is C22H30IN5O2S. The second kappa shape index (κ2) is 11.0. The molecule has 1 saturated heterocycles. The molecule has 1 fully saturated rings. The lowest BCUT2D eigenvalue weighted by atomic mass is 10.1. The minimum absolute atomic E-state index is 0. The zero-order valence-electron chi connectivity index (χ0n) is 17.8. The molecule has 31 heavy (non-hydrogen) atoms. The van der Waals surface area contributed by atoms with Crippen molar-refractivity contribution in [2.24, 2.45) is 4.99 Å². The number of aliphatic imine (C=N–C) groups is 1. The van der Waals surface area contributed by atoms with Crippen molar-refractivity contribution in [3.8, 4) is 5.75 Å². The SMILES string of the molecule is CN=C(NCCC(=O)N1CCc2sccc2C1)N1CCN(c2ccccc2O)CC1.I. The summed E-state index contributed by atoms with van der Waals surface area (Å²) in [6, 6.07) is 9.59. The van der Waals surface area contributed by atoms with Crippen molar-refractivity contribution in [3.05, 3.63) is 46.2 Å². The Labute approximate surface area is 204 Å². The first-order valence-electron chi connectivity index (χ1n) is 10.5. The fourth-order valence-electron chi connectivity index (χ4n) is 4.12. The number of benzene rings is 1. The highest BCUT2D eigenvalue weighted by molar-refractivity contribution is 14.0. The number of hydrogen-bond donors (Lipinski definition) is 2. The third-order valence-corrected chi connectivity index (χ3v) is 6.82. The molecule has 1 amide bonds. The molecule has 2 aliphatic rings. The highest BCUT2D eigenvalue weighted by Gasteiger charge is 2.23. The van der Waals surface area contributed by atoms with Gasteiger partial charge >= 0.3 is 0 Å². The third kappa shape index (κ3) is 5.62. The van der Waals surface area contributed by atoms with Crippen molar-refractivity contribution < 1.29 is 9.90 Å². The first kappa shape index (κ1) is 23.6. The summed E-state index contributed by atoms with van der Waals surface area (Å²) < 4.78 is 0. The van der Waals surface area contributed by atoms with E-state index >= 15 is 0 Å². The van der Waals surface area contributed by atoms with E-state index < -0.39 is 0 Å². The van der Waals surface area contributed by atoms with Gasteiger partial charge < -0.3 is 25.1 Å². The molecule has 3 heterocycles. The minimum Gasteiger partial charge on any atom is -0.506 e. The molecule has 2 aliphatic heterocycles. The van der Waals surface area contributed by atoms with Gasteiger partial charge in [0.2, 0.25) is 5.91 Å². The Morgan fingerprint density at radius 1 is 1.13 bits per heavy atom. The molecule has 0 unspecified atom stereocenters. The number of nitrogens with one attached hydrogen (secondary N) is 1. The normalized spacial score (nSPS) is 16.5. The predicted octanol–water partition coefficient (Wildman–Crippen LogP) is 2.74. The molecule has 9 heteroatoms. The number of carbonyl (C=O) groups excluding carboxylic acids is 1. The number of thiophene rings is 1. The first-order chi connectivity index (χ1) is 14.7. The monoisotopic (exact) mass is 555 g/mol. The predicted molar refractivity (Wildman–Crippen MR) is 137 cm³/mol. The van der Waals surface area contributed by atoms with E-state index in [9.17, 15) is 9.90 Å². The van der Waals surface area contributed by atoms with Gasteiger partial charge in [-0.3, -0.25) is 9.79 Å². The lowest BCUT2D eigenvalue weighted by Crippen LogP contribution is -2.53. The Hall–Kier alpha value is -2.01. The standard InChI is InChI=1S/C22H29N5O2S.HI/c1-23-22(26-13-11-25(12-14-26)18-4-2-3-5-19(18)28)24-9-6-21(29)27-10-7-20-17(16-27)8-15-30-20;/h2-5,8,15,28H,6-7,9-14,16H2,1H3,(H,23,24);1H. The molecule has 2 aromatic rings. The average molecular weight is 555 g/mol. The molecule has 7 nitrogen and oxygen atoms in total. The topological polar surface area (TPSA) is 71.4 Å². The molecule has 2 N–H and O–H groups in total. The molecule has 1 aromatic heterocycles. The number of phenolic OH excluding ortho intramolecular Hbond substituents is 1. The number of guanidine groups is 1. The number of fused-ring (bicyclic) bond motifs is 1. The number of piperazine rings is 1. The van der Waals surface area contributed by atoms with Crippen LogP contribution >= 0.6 is 35.3 Å². The number of carbonyl (C=O) groups is 1. The number of rotatable bonds is 4. The van der Waals surface area contributed by atoms with E-state index in [0.717, 1.165) is 57.3 Å². The van der Waals surface area contributed by atoms with Gasteiger partial charge in [0, 0.05) is 64.2 Å². The molecule has 168 valence electrons. The summed E-state index contributed by atoms with van der Waals surface area (Å²) in [5.74, 6) is 1.34. The summed E-state index contributed by atoms with van der Waals surface area (Å²) in [5, 5.41) is 15.5. The van der Waals surface area contributed by atoms with E-state index in [4.69, 9.17) is 0 Å². The Balaban J connectivity index is 0.00000272. The second-order valence-corrected chi connectivity index (χ2v) is 8.62. The highest BCUT2D eigenvalue weighted by Crippen LogP contribution is 2.27. The van der Waals surface area contributed by atoms with E-state index in [1.54, 1.807) is 24.5 Å². The van der Waals surface area contributed by atoms with Crippen molar-refractivity contribution in [3.63, 3.8) is 0 Å². The molecule has 0 bridgehead atoms. The maximum absolute atomic E-state index is 12.6. The van der Waals surface area contributed by atoms with Gasteiger partial charge in [-0.15, -0.1) is 35.3 Å². The third-order valence-electron chi connectivity index (χ3n) is 5.80. The summed E-state index contributed by atoms with van der Waals surface area (Å²) in [6.07, 6.45) is 1.44. The van der Waals surface area contributed by atoms with Crippen LogP contribution in [-0.2, 0) is 17.8 Å². The molecular weight excluding hydrogens is 525 g/mol. The summed E-state index contributed by atoms with van der Waals surface area (Å²) in [6.45, 7) is 5.39. The average Bonchev–Trinajstić information content (AvgIpc) is 3.25. The van der Waals surface area contributed by atoms with Crippen LogP contribution in [0.3, 0.4) is 0 Å². The number of hydrogen-bond acceptors (Lipinski definition) is 5. The summed E-state index contributed by atoms with van der Waals surface area (Å²) in [7, 11) is 1.78. The van der Waals surface area contributed by atoms with Gasteiger partial charge in [0.05, 0.1) is 5.69 Å².